The maximum atomic E-state index is 5.62. The number of hydrogen-bond acceptors (Lipinski definition) is 2. The molecule has 0 saturated heterocycles. The third-order valence-corrected chi connectivity index (χ3v) is 1.84. The van der Waals surface area contributed by atoms with Crippen LogP contribution in [0.25, 0.3) is 0 Å². The summed E-state index contributed by atoms with van der Waals surface area (Å²) in [6.07, 6.45) is 5.24. The Hall–Kier alpha value is -1.42. The molecule has 0 aliphatic heterocycles. The van der Waals surface area contributed by atoms with Gasteiger partial charge >= 0.3 is 0 Å². The van der Waals surface area contributed by atoms with Crippen LogP contribution in [0, 0.1) is 12.3 Å². The van der Waals surface area contributed by atoms with E-state index in [1.807, 2.05) is 38.1 Å². The minimum atomic E-state index is 0. The molecule has 1 rings (SSSR count). The second-order valence-electron chi connectivity index (χ2n) is 3.72. The number of benzene rings is 1. The summed E-state index contributed by atoms with van der Waals surface area (Å²) in [5, 5.41) is 2.93. The van der Waals surface area contributed by atoms with Crippen molar-refractivity contribution in [3.63, 3.8) is 0 Å². The van der Waals surface area contributed by atoms with Crippen molar-refractivity contribution in [3.05, 3.63) is 24.3 Å². The summed E-state index contributed by atoms with van der Waals surface area (Å²) in [6.45, 7) is 4.24. The van der Waals surface area contributed by atoms with E-state index in [4.69, 9.17) is 16.9 Å². The van der Waals surface area contributed by atoms with E-state index in [1.54, 1.807) is 0 Å². The van der Waals surface area contributed by atoms with Crippen molar-refractivity contribution in [3.8, 4) is 18.1 Å². The number of halogens is 1. The number of anilines is 1. The summed E-state index contributed by atoms with van der Waals surface area (Å²) in [7, 11) is 0. The molecule has 0 aliphatic rings. The van der Waals surface area contributed by atoms with Crippen LogP contribution in [-0.2, 0) is 0 Å². The minimum absolute atomic E-state index is 0. The average Bonchev–Trinajstić information content (AvgIpc) is 2.28. The zero-order chi connectivity index (χ0) is 12.7. The highest BCUT2D eigenvalue weighted by molar-refractivity contribution is 14.0. The van der Waals surface area contributed by atoms with Crippen LogP contribution < -0.4 is 15.8 Å². The van der Waals surface area contributed by atoms with Crippen molar-refractivity contribution in [1.29, 1.82) is 0 Å². The van der Waals surface area contributed by atoms with Crippen LogP contribution in [0.15, 0.2) is 29.3 Å². The molecule has 0 aromatic heterocycles. The molecule has 0 spiro atoms. The molecule has 18 heavy (non-hydrogen) atoms. The number of hydrogen-bond donors (Lipinski definition) is 2. The molecular weight excluding hydrogens is 341 g/mol. The molecule has 0 aliphatic carbocycles. The van der Waals surface area contributed by atoms with E-state index in [2.05, 4.69) is 16.2 Å². The van der Waals surface area contributed by atoms with E-state index in [1.165, 1.54) is 0 Å². The molecule has 1 aromatic carbocycles. The molecule has 98 valence electrons. The number of terminal acetylenes is 1. The molecule has 0 unspecified atom stereocenters. The van der Waals surface area contributed by atoms with E-state index >= 15 is 0 Å². The van der Waals surface area contributed by atoms with E-state index < -0.39 is 0 Å². The van der Waals surface area contributed by atoms with Crippen LogP contribution in [-0.4, -0.2) is 18.6 Å². The fourth-order valence-electron chi connectivity index (χ4n) is 1.21. The zero-order valence-electron chi connectivity index (χ0n) is 10.5. The predicted molar refractivity (Wildman–Crippen MR) is 86.6 cm³/mol. The van der Waals surface area contributed by atoms with Gasteiger partial charge < -0.3 is 15.8 Å². The number of rotatable bonds is 4. The normalized spacial score (nSPS) is 10.4. The van der Waals surface area contributed by atoms with Gasteiger partial charge in [0.15, 0.2) is 5.96 Å². The maximum Gasteiger partial charge on any atom is 0.194 e. The predicted octanol–water partition coefficient (Wildman–Crippen LogP) is 2.45. The van der Waals surface area contributed by atoms with E-state index in [0.717, 1.165) is 11.4 Å². The lowest BCUT2D eigenvalue weighted by Crippen LogP contribution is -2.22. The smallest absolute Gasteiger partial charge is 0.194 e. The number of nitrogens with one attached hydrogen (secondary N) is 1. The third kappa shape index (κ3) is 6.35. The Bertz CT molecular complexity index is 421. The van der Waals surface area contributed by atoms with Crippen molar-refractivity contribution >= 4 is 35.6 Å². The fraction of sp³-hybridized carbons (Fsp3) is 0.308. The number of guanidine groups is 1. The zero-order valence-corrected chi connectivity index (χ0v) is 12.8. The van der Waals surface area contributed by atoms with Crippen LogP contribution in [0.1, 0.15) is 13.8 Å². The standard InChI is InChI=1S/C13H17N3O.HI/c1-4-9-15-13(14)16-11-5-7-12(8-6-11)17-10(2)3;/h1,5-8,10H,9H2,2-3H3,(H3,14,15,16);1H. The molecule has 0 amide bonds. The highest BCUT2D eigenvalue weighted by Gasteiger charge is 1.98. The third-order valence-electron chi connectivity index (χ3n) is 1.84. The first-order valence-corrected chi connectivity index (χ1v) is 5.39. The highest BCUT2D eigenvalue weighted by atomic mass is 127. The van der Waals surface area contributed by atoms with Gasteiger partial charge in [-0.25, -0.2) is 4.99 Å². The van der Waals surface area contributed by atoms with Gasteiger partial charge in [-0.3, -0.25) is 0 Å². The van der Waals surface area contributed by atoms with Gasteiger partial charge in [-0.15, -0.1) is 30.4 Å². The van der Waals surface area contributed by atoms with Gasteiger partial charge in [-0.1, -0.05) is 5.92 Å². The molecule has 0 heterocycles. The lowest BCUT2D eigenvalue weighted by molar-refractivity contribution is 0.242. The first-order chi connectivity index (χ1) is 8.11. The first kappa shape index (κ1) is 16.6. The van der Waals surface area contributed by atoms with Crippen molar-refractivity contribution in [2.24, 2.45) is 10.7 Å². The second kappa shape index (κ2) is 8.64. The van der Waals surface area contributed by atoms with Crippen molar-refractivity contribution in [1.82, 2.24) is 0 Å². The number of nitrogens with zero attached hydrogens (tertiary/aromatic N) is 1. The molecule has 0 atom stereocenters. The van der Waals surface area contributed by atoms with E-state index in [9.17, 15) is 0 Å². The average molecular weight is 359 g/mol. The quantitative estimate of drug-likeness (QED) is 0.376. The van der Waals surface area contributed by atoms with Crippen LogP contribution >= 0.6 is 24.0 Å². The molecule has 0 fully saturated rings. The van der Waals surface area contributed by atoms with E-state index in [-0.39, 0.29) is 36.6 Å². The molecule has 0 radical (unpaired) electrons. The Labute approximate surface area is 125 Å². The van der Waals surface area contributed by atoms with Gasteiger partial charge in [-0.2, -0.15) is 0 Å². The van der Waals surface area contributed by atoms with Gasteiger partial charge in [0.2, 0.25) is 0 Å². The van der Waals surface area contributed by atoms with Gasteiger partial charge in [-0.05, 0) is 38.1 Å². The summed E-state index contributed by atoms with van der Waals surface area (Å²) >= 11 is 0. The van der Waals surface area contributed by atoms with Gasteiger partial charge in [0.25, 0.3) is 0 Å². The lowest BCUT2D eigenvalue weighted by Gasteiger charge is -2.10. The summed E-state index contributed by atoms with van der Waals surface area (Å²) in [5.74, 6) is 3.52. The fourth-order valence-corrected chi connectivity index (χ4v) is 1.21. The lowest BCUT2D eigenvalue weighted by atomic mass is 10.3. The number of aliphatic imine (C=N–C) groups is 1. The van der Waals surface area contributed by atoms with Crippen LogP contribution in [0.5, 0.6) is 5.75 Å². The van der Waals surface area contributed by atoms with Gasteiger partial charge in [0.05, 0.1) is 6.10 Å². The van der Waals surface area contributed by atoms with Crippen molar-refractivity contribution < 1.29 is 4.74 Å². The summed E-state index contributed by atoms with van der Waals surface area (Å²) in [5.41, 5.74) is 6.47. The Balaban J connectivity index is 0.00000289. The van der Waals surface area contributed by atoms with Crippen LogP contribution in [0.3, 0.4) is 0 Å². The number of ether oxygens (including phenoxy) is 1. The second-order valence-corrected chi connectivity index (χ2v) is 3.72. The molecule has 1 aromatic rings. The summed E-state index contributed by atoms with van der Waals surface area (Å²) in [4.78, 5) is 3.92. The Morgan fingerprint density at radius 1 is 1.44 bits per heavy atom. The van der Waals surface area contributed by atoms with E-state index in [0.29, 0.717) is 5.96 Å². The monoisotopic (exact) mass is 359 g/mol. The molecule has 4 nitrogen and oxygen atoms in total. The summed E-state index contributed by atoms with van der Waals surface area (Å²) < 4.78 is 5.52. The molecular formula is C13H18IN3O. The maximum absolute atomic E-state index is 5.62. The number of nitrogens with two attached hydrogens (primary N) is 1. The Kier molecular flexibility index (Phi) is 7.96. The molecule has 3 N–H and O–H groups in total. The molecule has 5 heteroatoms. The van der Waals surface area contributed by atoms with Gasteiger partial charge in [0.1, 0.15) is 12.3 Å². The Morgan fingerprint density at radius 3 is 2.56 bits per heavy atom. The molecule has 0 saturated carbocycles. The Morgan fingerprint density at radius 2 is 2.06 bits per heavy atom. The van der Waals surface area contributed by atoms with Gasteiger partial charge in [0, 0.05) is 5.69 Å². The topological polar surface area (TPSA) is 59.6 Å². The summed E-state index contributed by atoms with van der Waals surface area (Å²) in [6, 6.07) is 7.49. The van der Waals surface area contributed by atoms with Crippen molar-refractivity contribution in [2.75, 3.05) is 11.9 Å². The van der Waals surface area contributed by atoms with Crippen LogP contribution in [0.4, 0.5) is 5.69 Å². The first-order valence-electron chi connectivity index (χ1n) is 5.39. The minimum Gasteiger partial charge on any atom is -0.491 e. The highest BCUT2D eigenvalue weighted by Crippen LogP contribution is 2.16. The van der Waals surface area contributed by atoms with Crippen LogP contribution in [0.2, 0.25) is 0 Å². The molecule has 0 bridgehead atoms. The largest absolute Gasteiger partial charge is 0.491 e. The van der Waals surface area contributed by atoms with Crippen molar-refractivity contribution in [2.45, 2.75) is 20.0 Å². The SMILES string of the molecule is C#CCN=C(N)Nc1ccc(OC(C)C)cc1.I.